The molecule has 4 N–H and O–H groups in total. The monoisotopic (exact) mass is 306 g/mol. The standard InChI is InChI=1S/C14H8Cl2N2O2/c15-7-3-1-5-9(11(7)17)14(20)6-2-4-8(16)12(18)10(6)13(5)19/h1-4H,17-18H2. The Labute approximate surface area is 124 Å². The summed E-state index contributed by atoms with van der Waals surface area (Å²) in [7, 11) is 0. The molecule has 2 aromatic rings. The van der Waals surface area contributed by atoms with E-state index in [4.69, 9.17) is 34.7 Å². The number of fused-ring (bicyclic) bond motifs is 2. The average Bonchev–Trinajstić information content (AvgIpc) is 2.42. The third kappa shape index (κ3) is 1.55. The third-order valence-electron chi connectivity index (χ3n) is 3.33. The number of nitrogen functional groups attached to an aromatic ring is 2. The van der Waals surface area contributed by atoms with E-state index in [-0.39, 0.29) is 55.2 Å². The molecule has 6 heteroatoms. The number of nitrogens with two attached hydrogens (primary N) is 2. The first-order valence-corrected chi connectivity index (χ1v) is 6.44. The van der Waals surface area contributed by atoms with Gasteiger partial charge in [-0.1, -0.05) is 23.2 Å². The number of halogens is 2. The van der Waals surface area contributed by atoms with Gasteiger partial charge in [0.25, 0.3) is 0 Å². The fourth-order valence-electron chi connectivity index (χ4n) is 2.33. The van der Waals surface area contributed by atoms with E-state index in [1.807, 2.05) is 0 Å². The van der Waals surface area contributed by atoms with Gasteiger partial charge >= 0.3 is 0 Å². The Morgan fingerprint density at radius 3 is 1.40 bits per heavy atom. The van der Waals surface area contributed by atoms with Crippen molar-refractivity contribution in [1.82, 2.24) is 0 Å². The van der Waals surface area contributed by atoms with Gasteiger partial charge in [-0.15, -0.1) is 0 Å². The van der Waals surface area contributed by atoms with Crippen LogP contribution in [0.4, 0.5) is 11.4 Å². The van der Waals surface area contributed by atoms with Crippen LogP contribution in [0.1, 0.15) is 31.8 Å². The van der Waals surface area contributed by atoms with Crippen LogP contribution in [-0.2, 0) is 0 Å². The van der Waals surface area contributed by atoms with Crippen molar-refractivity contribution < 1.29 is 9.59 Å². The fraction of sp³-hybridized carbons (Fsp3) is 0. The number of benzene rings is 2. The average molecular weight is 307 g/mol. The Bertz CT molecular complexity index is 733. The van der Waals surface area contributed by atoms with Gasteiger partial charge in [0.1, 0.15) is 0 Å². The Kier molecular flexibility index (Phi) is 2.74. The van der Waals surface area contributed by atoms with Crippen molar-refractivity contribution in [3.8, 4) is 0 Å². The lowest BCUT2D eigenvalue weighted by Crippen LogP contribution is -2.24. The Balaban J connectivity index is 2.40. The van der Waals surface area contributed by atoms with Crippen LogP contribution >= 0.6 is 23.2 Å². The molecule has 1 aliphatic carbocycles. The largest absolute Gasteiger partial charge is 0.397 e. The van der Waals surface area contributed by atoms with Gasteiger partial charge in [0.2, 0.25) is 0 Å². The van der Waals surface area contributed by atoms with Gasteiger partial charge in [0, 0.05) is 11.1 Å². The summed E-state index contributed by atoms with van der Waals surface area (Å²) >= 11 is 11.8. The Morgan fingerprint density at radius 1 is 0.700 bits per heavy atom. The van der Waals surface area contributed by atoms with Crippen molar-refractivity contribution in [2.45, 2.75) is 0 Å². The van der Waals surface area contributed by atoms with E-state index in [0.29, 0.717) is 0 Å². The van der Waals surface area contributed by atoms with Crippen LogP contribution in [0.3, 0.4) is 0 Å². The van der Waals surface area contributed by atoms with Gasteiger partial charge < -0.3 is 11.5 Å². The molecule has 2 aromatic carbocycles. The fourth-order valence-corrected chi connectivity index (χ4v) is 2.64. The highest BCUT2D eigenvalue weighted by Gasteiger charge is 2.34. The molecule has 3 rings (SSSR count). The SMILES string of the molecule is Nc1c(Cl)ccc2c1C(=O)c1ccc(Cl)c(N)c1C2=O. The maximum Gasteiger partial charge on any atom is 0.196 e. The number of anilines is 2. The summed E-state index contributed by atoms with van der Waals surface area (Å²) in [5.41, 5.74) is 12.5. The summed E-state index contributed by atoms with van der Waals surface area (Å²) < 4.78 is 0. The number of carbonyl (C=O) groups excluding carboxylic acids is 2. The molecule has 0 fully saturated rings. The van der Waals surface area contributed by atoms with E-state index < -0.39 is 0 Å². The first-order chi connectivity index (χ1) is 9.43. The molecule has 100 valence electrons. The van der Waals surface area contributed by atoms with Gasteiger partial charge in [-0.3, -0.25) is 9.59 Å². The van der Waals surface area contributed by atoms with Crippen molar-refractivity contribution >= 4 is 46.1 Å². The highest BCUT2D eigenvalue weighted by atomic mass is 35.5. The lowest BCUT2D eigenvalue weighted by molar-refractivity contribution is 0.0980. The van der Waals surface area contributed by atoms with E-state index in [0.717, 1.165) is 0 Å². The normalized spacial score (nSPS) is 13.1. The highest BCUT2D eigenvalue weighted by molar-refractivity contribution is 6.39. The van der Waals surface area contributed by atoms with Crippen LogP contribution in [-0.4, -0.2) is 11.6 Å². The van der Waals surface area contributed by atoms with Crippen LogP contribution in [0.5, 0.6) is 0 Å². The molecule has 0 aromatic heterocycles. The highest BCUT2D eigenvalue weighted by Crippen LogP contribution is 2.38. The summed E-state index contributed by atoms with van der Waals surface area (Å²) in [5.74, 6) is -0.754. The van der Waals surface area contributed by atoms with E-state index in [1.54, 1.807) is 0 Å². The zero-order valence-corrected chi connectivity index (χ0v) is 11.5. The second-order valence-electron chi connectivity index (χ2n) is 4.43. The topological polar surface area (TPSA) is 86.2 Å². The number of carbonyl (C=O) groups is 2. The summed E-state index contributed by atoms with van der Waals surface area (Å²) in [5, 5.41) is 0.463. The van der Waals surface area contributed by atoms with Crippen LogP contribution in [0, 0.1) is 0 Å². The summed E-state index contributed by atoms with van der Waals surface area (Å²) in [6, 6.07) is 5.90. The third-order valence-corrected chi connectivity index (χ3v) is 3.99. The summed E-state index contributed by atoms with van der Waals surface area (Å²) in [4.78, 5) is 25.0. The molecular weight excluding hydrogens is 299 g/mol. The Morgan fingerprint density at radius 2 is 1.05 bits per heavy atom. The minimum atomic E-state index is -0.377. The first-order valence-electron chi connectivity index (χ1n) is 5.68. The zero-order valence-electron chi connectivity index (χ0n) is 10.0. The molecule has 0 heterocycles. The van der Waals surface area contributed by atoms with E-state index >= 15 is 0 Å². The van der Waals surface area contributed by atoms with Crippen LogP contribution in [0.15, 0.2) is 24.3 Å². The molecule has 0 spiro atoms. The molecule has 0 amide bonds. The van der Waals surface area contributed by atoms with Crippen molar-refractivity contribution in [3.05, 3.63) is 56.6 Å². The molecule has 0 radical (unpaired) electrons. The zero-order chi connectivity index (χ0) is 14.6. The van der Waals surface area contributed by atoms with E-state index in [1.165, 1.54) is 24.3 Å². The van der Waals surface area contributed by atoms with Crippen LogP contribution in [0.2, 0.25) is 10.0 Å². The van der Waals surface area contributed by atoms with Crippen molar-refractivity contribution in [2.75, 3.05) is 11.5 Å². The lowest BCUT2D eigenvalue weighted by atomic mass is 9.82. The molecule has 0 saturated carbocycles. The molecule has 0 bridgehead atoms. The van der Waals surface area contributed by atoms with Gasteiger partial charge in [-0.25, -0.2) is 0 Å². The van der Waals surface area contributed by atoms with Gasteiger partial charge in [-0.2, -0.15) is 0 Å². The second kappa shape index (κ2) is 4.23. The summed E-state index contributed by atoms with van der Waals surface area (Å²) in [6.07, 6.45) is 0. The van der Waals surface area contributed by atoms with Gasteiger partial charge in [-0.05, 0) is 24.3 Å². The van der Waals surface area contributed by atoms with Crippen molar-refractivity contribution in [2.24, 2.45) is 0 Å². The second-order valence-corrected chi connectivity index (χ2v) is 5.24. The van der Waals surface area contributed by atoms with Crippen molar-refractivity contribution in [3.63, 3.8) is 0 Å². The molecule has 0 saturated heterocycles. The van der Waals surface area contributed by atoms with Gasteiger partial charge in [0.15, 0.2) is 11.6 Å². The first kappa shape index (κ1) is 13.0. The molecule has 4 nitrogen and oxygen atoms in total. The molecule has 0 atom stereocenters. The predicted molar refractivity (Wildman–Crippen MR) is 78.6 cm³/mol. The molecule has 0 aliphatic heterocycles. The molecular formula is C14H8Cl2N2O2. The smallest absolute Gasteiger partial charge is 0.196 e. The minimum Gasteiger partial charge on any atom is -0.397 e. The molecule has 1 aliphatic rings. The molecule has 20 heavy (non-hydrogen) atoms. The number of hydrogen-bond acceptors (Lipinski definition) is 4. The maximum atomic E-state index is 12.5. The lowest BCUT2D eigenvalue weighted by Gasteiger charge is -2.21. The summed E-state index contributed by atoms with van der Waals surface area (Å²) in [6.45, 7) is 0. The minimum absolute atomic E-state index is 0.0988. The molecule has 0 unspecified atom stereocenters. The number of rotatable bonds is 0. The van der Waals surface area contributed by atoms with Gasteiger partial charge in [0.05, 0.1) is 32.5 Å². The number of ketones is 2. The number of hydrogen-bond donors (Lipinski definition) is 2. The quantitative estimate of drug-likeness (QED) is 0.625. The predicted octanol–water partition coefficient (Wildman–Crippen LogP) is 2.93. The van der Waals surface area contributed by atoms with E-state index in [2.05, 4.69) is 0 Å². The maximum absolute atomic E-state index is 12.5. The van der Waals surface area contributed by atoms with Crippen LogP contribution < -0.4 is 11.5 Å². The Hall–Kier alpha value is -2.04. The van der Waals surface area contributed by atoms with Crippen molar-refractivity contribution in [1.29, 1.82) is 0 Å². The van der Waals surface area contributed by atoms with Crippen LogP contribution in [0.25, 0.3) is 0 Å². The van der Waals surface area contributed by atoms with E-state index in [9.17, 15) is 9.59 Å².